The third-order valence-corrected chi connectivity index (χ3v) is 24.2. The van der Waals surface area contributed by atoms with Gasteiger partial charge in [-0.2, -0.15) is 0 Å². The summed E-state index contributed by atoms with van der Waals surface area (Å²) in [4.78, 5) is 301. The molecule has 18 atom stereocenters. The lowest BCUT2D eigenvalue weighted by molar-refractivity contribution is -0.154. The summed E-state index contributed by atoms with van der Waals surface area (Å²) >= 11 is 0. The molecule has 5 aliphatic heterocycles. The summed E-state index contributed by atoms with van der Waals surface area (Å²) in [5.41, 5.74) is 12.9. The number of carboxylic acids is 2. The Hall–Kier alpha value is -14.4. The standard InChI is InChI=1S/C91H125N21O26/c1-45(2)37-59-78(123)99-57-30-32-70(118)137-44-65-83(128)104-63(81(126)102-59)42-71(119)138-48(6)74(110-82(127)61(40-51-43-97-54-20-11-10-19-53(51)54)105-84(129)67-24-16-36-112(67)89(134)73(46(3)4)109-77(122)56(29-31-69(116)117)100-86(131)72(92)47(5)113)87(132)106-60(38-50-25-27-52(114)28-26-50)79(124)98-55(75(120)107-64(39-49-17-8-7-9-18-49)88(133)111-35-15-23-66(111)85(130)108-65)21-12-13-33-95-68(115)41-62(103-76(57)121)80(125)101-58(90(135)136)22-14-34-96-91(93)94/h7-11,17-20,25-28,43,45-48,55-67,72-74,97,113-114H,12-16,21-24,29-42,44,92H2,1-6H3,(H,95,115)(H,98,124)(H,99,123)(H,100,131)(H,101,125)(H,102,126)(H,103,121)(H,104,128)(H,105,129)(H,106,132)(H,107,120)(H,108,130)(H,109,122)(H,110,127)(H,116,117)(H,135,136)(H4,93,94,96)/t47-,48-,55+,56+,57+,58+,59+,60+,61+,62+,63+,64+,65+,66+,67+,72+,73+,74+/m1/s1. The van der Waals surface area contributed by atoms with Crippen molar-refractivity contribution >= 4 is 135 Å². The van der Waals surface area contributed by atoms with Crippen molar-refractivity contribution in [2.75, 3.05) is 32.8 Å². The van der Waals surface area contributed by atoms with Gasteiger partial charge in [-0.25, -0.2) is 4.79 Å². The number of fused-ring (bicyclic) bond motifs is 13. The van der Waals surface area contributed by atoms with Crippen LogP contribution in [-0.2, 0) is 125 Å². The van der Waals surface area contributed by atoms with Gasteiger partial charge in [-0.15, -0.1) is 0 Å². The zero-order chi connectivity index (χ0) is 101. The van der Waals surface area contributed by atoms with Crippen molar-refractivity contribution in [2.24, 2.45) is 23.3 Å². The Bertz CT molecular complexity index is 5110. The monoisotopic (exact) mass is 1930 g/mol. The highest BCUT2D eigenvalue weighted by molar-refractivity contribution is 6.03. The van der Waals surface area contributed by atoms with E-state index in [4.69, 9.17) is 26.4 Å². The van der Waals surface area contributed by atoms with Crippen LogP contribution >= 0.6 is 0 Å². The first kappa shape index (κ1) is 107. The fourth-order valence-corrected chi connectivity index (χ4v) is 16.6. The summed E-state index contributed by atoms with van der Waals surface area (Å²) < 4.78 is 11.7. The SMILES string of the molecule is CC(C)C[C@@H]1NC(=O)[C@@H]2CC(=O)O[C@H](C)[C@H](NC(=O)[C@H](Cc3c[nH]c4ccccc34)NC(=O)[C@@H]3CCCN3C(=O)[C@@H](NC(=O)[C@H](CCC(=O)O)NC(=O)[C@@H](N)[C@@H](C)O)C(C)C)C(=O)N[C@@H](Cc3ccc(O)cc3)C(=O)N[C@H]3CCCCNC(=O)C[C@@H](C(=O)N[C@@H](CCCNC(=N)N)C(=O)O)NC(=O)[C@H](CCC(=O)OC[C@H](NC(=O)[C@@H]4CCCN4C(=O)[C@H](Cc4ccccc4)NC3=O)C(=O)N2)NC1=O. The highest BCUT2D eigenvalue weighted by Crippen LogP contribution is 2.27. The number of aromatic hydroxyl groups is 1. The van der Waals surface area contributed by atoms with Crippen LogP contribution in [0.2, 0.25) is 0 Å². The van der Waals surface area contributed by atoms with Crippen molar-refractivity contribution in [1.82, 2.24) is 94.5 Å². The van der Waals surface area contributed by atoms with Gasteiger partial charge in [-0.1, -0.05) is 88.4 Å². The molecule has 4 aromatic rings. The number of phenolic OH excluding ortho intramolecular Hbond substituents is 1. The minimum atomic E-state index is -2.28. The summed E-state index contributed by atoms with van der Waals surface area (Å²) in [5.74, 6) is -25.8. The minimum absolute atomic E-state index is 0.00269. The van der Waals surface area contributed by atoms with Crippen LogP contribution in [0.15, 0.2) is 85.1 Å². The first-order valence-electron chi connectivity index (χ1n) is 46.0. The van der Waals surface area contributed by atoms with Gasteiger partial charge >= 0.3 is 23.9 Å². The van der Waals surface area contributed by atoms with Gasteiger partial charge in [0.25, 0.3) is 0 Å². The number of carboxylic acid groups (broad SMARTS) is 2. The number of carbonyl (C=O) groups excluding carboxylic acids is 18. The lowest BCUT2D eigenvalue weighted by atomic mass is 10.00. The zero-order valence-electron chi connectivity index (χ0n) is 77.4. The van der Waals surface area contributed by atoms with E-state index in [2.05, 4.69) is 84.7 Å². The molecule has 750 valence electrons. The number of aromatic amines is 1. The number of nitrogens with one attached hydrogen (secondary N) is 17. The largest absolute Gasteiger partial charge is 0.508 e. The molecule has 5 fully saturated rings. The number of H-pyrrole nitrogens is 1. The summed E-state index contributed by atoms with van der Waals surface area (Å²) in [7, 11) is 0. The molecule has 4 bridgehead atoms. The van der Waals surface area contributed by atoms with E-state index in [1.807, 2.05) is 0 Å². The molecule has 5 saturated heterocycles. The summed E-state index contributed by atoms with van der Waals surface area (Å²) in [5, 5.41) is 86.7. The van der Waals surface area contributed by atoms with E-state index in [0.29, 0.717) is 22.0 Å². The van der Waals surface area contributed by atoms with Gasteiger partial charge in [0.1, 0.15) is 115 Å². The number of esters is 2. The number of aliphatic hydroxyl groups excluding tert-OH is 1. The molecule has 47 nitrogen and oxygen atoms in total. The molecule has 0 radical (unpaired) electrons. The van der Waals surface area contributed by atoms with Crippen LogP contribution in [0.3, 0.4) is 0 Å². The van der Waals surface area contributed by atoms with Crippen molar-refractivity contribution in [3.8, 4) is 5.75 Å². The molecular weight excluding hydrogens is 1800 g/mol. The number of nitrogens with zero attached hydrogens (tertiary/aromatic N) is 2. The number of aromatic nitrogens is 1. The number of carbonyl (C=O) groups is 20. The third kappa shape index (κ3) is 31.3. The molecule has 25 N–H and O–H groups in total. The van der Waals surface area contributed by atoms with Crippen molar-refractivity contribution in [3.05, 3.63) is 102 Å². The number of para-hydroxylation sites is 1. The average Bonchev–Trinajstić information content (AvgIpc) is 1.67. The van der Waals surface area contributed by atoms with Crippen molar-refractivity contribution < 1.29 is 126 Å². The zero-order valence-corrected chi connectivity index (χ0v) is 77.4. The molecule has 9 rings (SSSR count). The molecule has 16 amide bonds. The number of ether oxygens (including phenoxy) is 2. The average molecular weight is 1930 g/mol. The Kier molecular flexibility index (Phi) is 39.6. The second-order valence-electron chi connectivity index (χ2n) is 35.7. The number of aliphatic carboxylic acids is 2. The molecule has 0 unspecified atom stereocenters. The topological polar surface area (TPSA) is 719 Å². The molecule has 3 aromatic carbocycles. The van der Waals surface area contributed by atoms with Gasteiger partial charge in [-0.05, 0) is 138 Å². The van der Waals surface area contributed by atoms with Crippen LogP contribution in [0.5, 0.6) is 5.75 Å². The molecular formula is C91H125N21O26. The molecule has 0 aliphatic carbocycles. The molecule has 0 saturated carbocycles. The highest BCUT2D eigenvalue weighted by atomic mass is 16.5. The number of cyclic esters (lactones) is 1. The smallest absolute Gasteiger partial charge is 0.326 e. The summed E-state index contributed by atoms with van der Waals surface area (Å²) in [6.07, 6.45) is -9.28. The summed E-state index contributed by atoms with van der Waals surface area (Å²) in [6, 6.07) is -8.59. The molecule has 6 heterocycles. The molecule has 0 spiro atoms. The third-order valence-electron chi connectivity index (χ3n) is 24.2. The van der Waals surface area contributed by atoms with E-state index >= 15 is 62.3 Å². The first-order valence-corrected chi connectivity index (χ1v) is 46.0. The van der Waals surface area contributed by atoms with Crippen LogP contribution in [0.1, 0.15) is 161 Å². The number of hydrogen-bond donors (Lipinski definition) is 23. The normalized spacial score (nSPS) is 24.2. The highest BCUT2D eigenvalue weighted by Gasteiger charge is 2.47. The number of likely N-dealkylation sites (tertiary alicyclic amines) is 1. The lowest BCUT2D eigenvalue weighted by Crippen LogP contribution is -2.63. The second-order valence-corrected chi connectivity index (χ2v) is 35.7. The first-order chi connectivity index (χ1) is 65.5. The Morgan fingerprint density at radius 1 is 0.587 bits per heavy atom. The maximum atomic E-state index is 16.1. The minimum Gasteiger partial charge on any atom is -0.508 e. The number of benzene rings is 3. The Morgan fingerprint density at radius 3 is 1.88 bits per heavy atom. The van der Waals surface area contributed by atoms with E-state index in [1.165, 1.54) is 37.4 Å². The van der Waals surface area contributed by atoms with Gasteiger partial charge < -0.3 is 136 Å². The molecule has 138 heavy (non-hydrogen) atoms. The maximum Gasteiger partial charge on any atom is 0.326 e. The molecule has 47 heteroatoms. The lowest BCUT2D eigenvalue weighted by Gasteiger charge is -2.32. The van der Waals surface area contributed by atoms with Gasteiger partial charge in [0.05, 0.1) is 18.9 Å². The van der Waals surface area contributed by atoms with E-state index in [0.717, 1.165) is 16.7 Å². The number of rotatable bonds is 29. The van der Waals surface area contributed by atoms with Gasteiger partial charge in [0, 0.05) is 75.4 Å². The number of aliphatic hydroxyl groups is 1. The Labute approximate surface area is 793 Å². The quantitative estimate of drug-likeness (QED) is 0.0105. The fourth-order valence-electron chi connectivity index (χ4n) is 16.6. The molecule has 1 aromatic heterocycles. The van der Waals surface area contributed by atoms with Crippen LogP contribution in [0, 0.1) is 17.2 Å². The number of guanidine groups is 1. The Balaban J connectivity index is 1.18. The van der Waals surface area contributed by atoms with Crippen molar-refractivity contribution in [2.45, 2.75) is 272 Å². The predicted molar refractivity (Wildman–Crippen MR) is 488 cm³/mol. The van der Waals surface area contributed by atoms with Crippen LogP contribution in [-0.4, -0.2) is 301 Å². The van der Waals surface area contributed by atoms with Crippen LogP contribution < -0.4 is 91.2 Å². The second kappa shape index (κ2) is 51.0. The molecule has 5 aliphatic rings. The van der Waals surface area contributed by atoms with E-state index in [1.54, 1.807) is 82.3 Å². The van der Waals surface area contributed by atoms with Gasteiger partial charge in [0.2, 0.25) is 94.5 Å². The summed E-state index contributed by atoms with van der Waals surface area (Å²) in [6.45, 7) is 6.88. The van der Waals surface area contributed by atoms with Gasteiger partial charge in [0.15, 0.2) is 5.96 Å². The van der Waals surface area contributed by atoms with E-state index in [-0.39, 0.29) is 108 Å². The van der Waals surface area contributed by atoms with Crippen LogP contribution in [0.4, 0.5) is 0 Å². The van der Waals surface area contributed by atoms with Crippen molar-refractivity contribution in [3.63, 3.8) is 0 Å². The number of hydrogen-bond acceptors (Lipinski definition) is 26. The van der Waals surface area contributed by atoms with E-state index in [9.17, 15) is 54.0 Å². The van der Waals surface area contributed by atoms with Gasteiger partial charge in [-0.3, -0.25) is 96.5 Å². The fraction of sp³-hybridized carbons (Fsp3) is 0.549. The van der Waals surface area contributed by atoms with E-state index < -0.39 is 303 Å². The predicted octanol–water partition coefficient (Wildman–Crippen LogP) is -4.83. The number of amides is 16. The maximum absolute atomic E-state index is 16.1. The number of phenols is 1. The van der Waals surface area contributed by atoms with Crippen molar-refractivity contribution in [1.29, 1.82) is 5.41 Å². The Morgan fingerprint density at radius 2 is 1.20 bits per heavy atom. The number of nitrogens with two attached hydrogens (primary N) is 2. The van der Waals surface area contributed by atoms with Crippen LogP contribution in [0.25, 0.3) is 10.9 Å².